The largest absolute Gasteiger partial charge is 0.464 e. The van der Waals surface area contributed by atoms with Crippen LogP contribution < -0.4 is 0 Å². The van der Waals surface area contributed by atoms with E-state index in [1.165, 1.54) is 6.07 Å². The fraction of sp³-hybridized carbons (Fsp3) is 0.217. The lowest BCUT2D eigenvalue weighted by Crippen LogP contribution is -2.22. The molecular weight excluding hydrogens is 491 g/mol. The van der Waals surface area contributed by atoms with Crippen molar-refractivity contribution in [2.24, 2.45) is 10.3 Å². The molecule has 0 aliphatic carbocycles. The van der Waals surface area contributed by atoms with Crippen LogP contribution in [-0.4, -0.2) is 36.8 Å². The zero-order valence-corrected chi connectivity index (χ0v) is 19.5. The summed E-state index contributed by atoms with van der Waals surface area (Å²) in [5, 5.41) is 11.9. The number of rotatable bonds is 8. The average Bonchev–Trinajstić information content (AvgIpc) is 3.32. The van der Waals surface area contributed by atoms with E-state index in [1.54, 1.807) is 37.3 Å². The summed E-state index contributed by atoms with van der Waals surface area (Å²) in [5.41, 5.74) is -0.744. The Hall–Kier alpha value is -3.86. The molecule has 0 atom stereocenters. The van der Waals surface area contributed by atoms with Crippen molar-refractivity contribution in [3.05, 3.63) is 75.9 Å². The van der Waals surface area contributed by atoms with Crippen LogP contribution in [0.1, 0.15) is 29.3 Å². The number of oxime groups is 2. The van der Waals surface area contributed by atoms with Crippen molar-refractivity contribution in [3.8, 4) is 11.3 Å². The Balaban J connectivity index is 1.89. The van der Waals surface area contributed by atoms with Crippen LogP contribution >= 0.6 is 11.6 Å². The molecule has 184 valence electrons. The molecule has 1 heterocycles. The number of methoxy groups -OCH3 is 1. The second kappa shape index (κ2) is 11.0. The molecule has 0 N–H and O–H groups in total. The van der Waals surface area contributed by atoms with Crippen molar-refractivity contribution in [1.29, 1.82) is 0 Å². The van der Waals surface area contributed by atoms with Gasteiger partial charge in [-0.1, -0.05) is 39.2 Å². The minimum Gasteiger partial charge on any atom is -0.464 e. The van der Waals surface area contributed by atoms with Crippen molar-refractivity contribution in [2.45, 2.75) is 19.7 Å². The maximum atomic E-state index is 13.7. The molecule has 1 aromatic heterocycles. The first-order valence-corrected chi connectivity index (χ1v) is 10.3. The summed E-state index contributed by atoms with van der Waals surface area (Å²) < 4.78 is 51.0. The van der Waals surface area contributed by atoms with E-state index in [9.17, 15) is 18.0 Å². The summed E-state index contributed by atoms with van der Waals surface area (Å²) in [6.45, 7) is 0.913. The molecule has 3 aromatic rings. The minimum absolute atomic E-state index is 0.173. The number of aromatic nitrogens is 1. The number of hydrogen-bond acceptors (Lipinski definition) is 8. The summed E-state index contributed by atoms with van der Waals surface area (Å²) in [5.74, 6) is -0.543. The van der Waals surface area contributed by atoms with Gasteiger partial charge in [0.25, 0.3) is 0 Å². The van der Waals surface area contributed by atoms with Crippen LogP contribution in [-0.2, 0) is 32.0 Å². The Morgan fingerprint density at radius 1 is 1.11 bits per heavy atom. The fourth-order valence-corrected chi connectivity index (χ4v) is 3.18. The summed E-state index contributed by atoms with van der Waals surface area (Å²) in [4.78, 5) is 22.0. The van der Waals surface area contributed by atoms with Gasteiger partial charge in [-0.05, 0) is 37.3 Å². The van der Waals surface area contributed by atoms with Gasteiger partial charge in [0.05, 0.1) is 12.7 Å². The first-order chi connectivity index (χ1) is 16.7. The highest BCUT2D eigenvalue weighted by Crippen LogP contribution is 2.34. The Bertz CT molecular complexity index is 1250. The number of esters is 1. The molecule has 8 nitrogen and oxygen atoms in total. The normalized spacial score (nSPS) is 12.4. The maximum absolute atomic E-state index is 13.7. The van der Waals surface area contributed by atoms with Crippen LogP contribution in [0, 0.1) is 0 Å². The van der Waals surface area contributed by atoms with E-state index < -0.39 is 30.0 Å². The van der Waals surface area contributed by atoms with Gasteiger partial charge in [0, 0.05) is 27.8 Å². The van der Waals surface area contributed by atoms with Crippen molar-refractivity contribution < 1.29 is 36.9 Å². The molecule has 0 unspecified atom stereocenters. The molecule has 35 heavy (non-hydrogen) atoms. The smallest absolute Gasteiger partial charge is 0.416 e. The third-order valence-corrected chi connectivity index (χ3v) is 4.97. The van der Waals surface area contributed by atoms with Crippen LogP contribution in [0.5, 0.6) is 0 Å². The summed E-state index contributed by atoms with van der Waals surface area (Å²) >= 11 is 5.88. The number of carbonyl (C=O) groups is 1. The van der Waals surface area contributed by atoms with E-state index in [0.29, 0.717) is 16.5 Å². The van der Waals surface area contributed by atoms with Gasteiger partial charge >= 0.3 is 12.1 Å². The molecule has 3 rings (SSSR count). The Labute approximate surface area is 202 Å². The summed E-state index contributed by atoms with van der Waals surface area (Å²) in [7, 11) is 2.22. The quantitative estimate of drug-likeness (QED) is 0.227. The zero-order valence-electron chi connectivity index (χ0n) is 18.7. The first kappa shape index (κ1) is 25.8. The molecule has 0 aliphatic heterocycles. The maximum Gasteiger partial charge on any atom is 0.416 e. The third-order valence-electron chi connectivity index (χ3n) is 4.72. The lowest BCUT2D eigenvalue weighted by Gasteiger charge is -2.16. The molecule has 0 amide bonds. The van der Waals surface area contributed by atoms with Crippen molar-refractivity contribution >= 4 is 29.0 Å². The Kier molecular flexibility index (Phi) is 8.13. The predicted octanol–water partition coefficient (Wildman–Crippen LogP) is 5.48. The van der Waals surface area contributed by atoms with Gasteiger partial charge in [0.1, 0.15) is 25.1 Å². The van der Waals surface area contributed by atoms with Crippen LogP contribution in [0.25, 0.3) is 11.3 Å². The Morgan fingerprint density at radius 3 is 2.46 bits per heavy atom. The second-order valence-corrected chi connectivity index (χ2v) is 7.41. The monoisotopic (exact) mass is 509 g/mol. The molecule has 0 saturated carbocycles. The number of nitrogens with zero attached hydrogens (tertiary/aromatic N) is 3. The number of benzene rings is 2. The van der Waals surface area contributed by atoms with Gasteiger partial charge < -0.3 is 18.9 Å². The van der Waals surface area contributed by atoms with Gasteiger partial charge in [0.2, 0.25) is 0 Å². The molecule has 12 heteroatoms. The van der Waals surface area contributed by atoms with Gasteiger partial charge in [-0.2, -0.15) is 13.2 Å². The molecule has 0 bridgehead atoms. The van der Waals surface area contributed by atoms with Gasteiger partial charge in [-0.15, -0.1) is 0 Å². The fourth-order valence-electron chi connectivity index (χ4n) is 3.05. The highest BCUT2D eigenvalue weighted by molar-refractivity contribution is 6.43. The van der Waals surface area contributed by atoms with Crippen LogP contribution in [0.15, 0.2) is 63.4 Å². The summed E-state index contributed by atoms with van der Waals surface area (Å²) in [6.07, 6.45) is -4.73. The van der Waals surface area contributed by atoms with E-state index in [4.69, 9.17) is 21.0 Å². The SMILES string of the molecule is CO/N=C(/C(=O)OC)c1cccc(C(F)(F)F)c1CO/N=C(\C)c1cc(-c2ccc(Cl)cc2)on1. The number of alkyl halides is 3. The van der Waals surface area contributed by atoms with Gasteiger partial charge in [0.15, 0.2) is 11.5 Å². The molecule has 0 radical (unpaired) electrons. The molecule has 0 saturated heterocycles. The molecule has 0 spiro atoms. The van der Waals surface area contributed by atoms with Gasteiger partial charge in [-0.3, -0.25) is 0 Å². The van der Waals surface area contributed by atoms with Crippen molar-refractivity contribution in [2.75, 3.05) is 14.2 Å². The van der Waals surface area contributed by atoms with E-state index >= 15 is 0 Å². The number of hydrogen-bond donors (Lipinski definition) is 0. The number of ether oxygens (including phenoxy) is 1. The predicted molar refractivity (Wildman–Crippen MR) is 121 cm³/mol. The van der Waals surface area contributed by atoms with Crippen LogP contribution in [0.4, 0.5) is 13.2 Å². The van der Waals surface area contributed by atoms with E-state index in [-0.39, 0.29) is 16.8 Å². The first-order valence-electron chi connectivity index (χ1n) is 9.94. The lowest BCUT2D eigenvalue weighted by atomic mass is 9.97. The van der Waals surface area contributed by atoms with E-state index in [1.807, 2.05) is 0 Å². The molecule has 2 aromatic carbocycles. The highest BCUT2D eigenvalue weighted by Gasteiger charge is 2.36. The Morgan fingerprint density at radius 2 is 1.83 bits per heavy atom. The van der Waals surface area contributed by atoms with Gasteiger partial charge in [-0.25, -0.2) is 4.79 Å². The lowest BCUT2D eigenvalue weighted by molar-refractivity contribution is -0.139. The zero-order chi connectivity index (χ0) is 25.6. The number of halogens is 4. The van der Waals surface area contributed by atoms with Crippen LogP contribution in [0.3, 0.4) is 0 Å². The standard InChI is InChI=1S/C23H19ClF3N3O5/c1-13(19-11-20(35-29-19)14-7-9-15(24)10-8-14)28-34-12-17-16(21(30-33-3)22(31)32-2)5-4-6-18(17)23(25,26)27/h4-11H,12H2,1-3H3/b28-13+,30-21+. The van der Waals surface area contributed by atoms with Crippen molar-refractivity contribution in [3.63, 3.8) is 0 Å². The topological polar surface area (TPSA) is 95.5 Å². The second-order valence-electron chi connectivity index (χ2n) is 6.98. The summed E-state index contributed by atoms with van der Waals surface area (Å²) in [6, 6.07) is 11.7. The minimum atomic E-state index is -4.73. The van der Waals surface area contributed by atoms with E-state index in [2.05, 4.69) is 25.0 Å². The third kappa shape index (κ3) is 6.18. The molecular formula is C23H19ClF3N3O5. The van der Waals surface area contributed by atoms with Crippen molar-refractivity contribution in [1.82, 2.24) is 5.16 Å². The number of carbonyl (C=O) groups excluding carboxylic acids is 1. The molecule has 0 fully saturated rings. The van der Waals surface area contributed by atoms with E-state index in [0.717, 1.165) is 31.9 Å². The van der Waals surface area contributed by atoms with Crippen LogP contribution in [0.2, 0.25) is 5.02 Å². The molecule has 0 aliphatic rings. The highest BCUT2D eigenvalue weighted by atomic mass is 35.5. The average molecular weight is 510 g/mol.